The van der Waals surface area contributed by atoms with Crippen molar-refractivity contribution in [1.29, 1.82) is 0 Å². The lowest BCUT2D eigenvalue weighted by Gasteiger charge is -2.01. The molecule has 0 aliphatic rings. The van der Waals surface area contributed by atoms with E-state index in [2.05, 4.69) is 0 Å². The van der Waals surface area contributed by atoms with Gasteiger partial charge in [0.1, 0.15) is 6.54 Å². The number of carbonyl (C=O) groups excluding carboxylic acids is 1. The van der Waals surface area contributed by atoms with E-state index in [1.165, 1.54) is 4.57 Å². The Morgan fingerprint density at radius 1 is 1.67 bits per heavy atom. The van der Waals surface area contributed by atoms with Crippen LogP contribution in [0.4, 0.5) is 0 Å². The van der Waals surface area contributed by atoms with Gasteiger partial charge < -0.3 is 10.3 Å². The first-order chi connectivity index (χ1) is 5.61. The molecule has 0 unspecified atom stereocenters. The summed E-state index contributed by atoms with van der Waals surface area (Å²) in [6, 6.07) is 3.40. The molecule has 64 valence electrons. The fourth-order valence-corrected chi connectivity index (χ4v) is 0.949. The molecule has 0 atom stereocenters. The van der Waals surface area contributed by atoms with Gasteiger partial charge in [0.15, 0.2) is 0 Å². The number of hydrogen-bond donors (Lipinski definition) is 1. The zero-order valence-electron chi connectivity index (χ0n) is 6.78. The van der Waals surface area contributed by atoms with Crippen molar-refractivity contribution in [3.05, 3.63) is 34.2 Å². The van der Waals surface area contributed by atoms with Crippen molar-refractivity contribution in [2.24, 2.45) is 5.73 Å². The molecule has 4 heteroatoms. The van der Waals surface area contributed by atoms with E-state index < -0.39 is 5.91 Å². The molecule has 0 fully saturated rings. The summed E-state index contributed by atoms with van der Waals surface area (Å²) in [4.78, 5) is 21.8. The van der Waals surface area contributed by atoms with E-state index >= 15 is 0 Å². The molecular weight excluding hydrogens is 156 g/mol. The number of aryl methyl sites for hydroxylation is 1. The van der Waals surface area contributed by atoms with Gasteiger partial charge in [-0.2, -0.15) is 0 Å². The summed E-state index contributed by atoms with van der Waals surface area (Å²) in [6.07, 6.45) is 1.54. The Bertz CT molecular complexity index is 354. The molecule has 0 spiro atoms. The molecule has 1 amide bonds. The maximum atomic E-state index is 11.3. The van der Waals surface area contributed by atoms with Gasteiger partial charge in [0.05, 0.1) is 0 Å². The van der Waals surface area contributed by atoms with Crippen LogP contribution in [0.25, 0.3) is 0 Å². The van der Waals surface area contributed by atoms with Crippen molar-refractivity contribution in [3.8, 4) is 0 Å². The van der Waals surface area contributed by atoms with Crippen LogP contribution >= 0.6 is 0 Å². The largest absolute Gasteiger partial charge is 0.368 e. The molecule has 0 aliphatic carbocycles. The van der Waals surface area contributed by atoms with Gasteiger partial charge in [0.2, 0.25) is 5.91 Å². The molecule has 0 bridgehead atoms. The molecule has 2 N–H and O–H groups in total. The second kappa shape index (κ2) is 3.21. The summed E-state index contributed by atoms with van der Waals surface area (Å²) in [5.74, 6) is -0.511. The van der Waals surface area contributed by atoms with Crippen molar-refractivity contribution < 1.29 is 4.79 Å². The third-order valence-corrected chi connectivity index (χ3v) is 1.54. The maximum absolute atomic E-state index is 11.3. The molecular formula is C8H10N2O2. The number of aromatic nitrogens is 1. The average Bonchev–Trinajstić information content (AvgIpc) is 1.98. The lowest BCUT2D eigenvalue weighted by molar-refractivity contribution is -0.118. The summed E-state index contributed by atoms with van der Waals surface area (Å²) in [6.45, 7) is 1.64. The SMILES string of the molecule is Cc1cccn(CC(N)=O)c1=O. The zero-order chi connectivity index (χ0) is 9.14. The van der Waals surface area contributed by atoms with Crippen molar-refractivity contribution >= 4 is 5.91 Å². The molecule has 0 radical (unpaired) electrons. The van der Waals surface area contributed by atoms with Crippen LogP contribution in [0.5, 0.6) is 0 Å². The standard InChI is InChI=1S/C8H10N2O2/c1-6-3-2-4-10(8(6)12)5-7(9)11/h2-4H,5H2,1H3,(H2,9,11). The van der Waals surface area contributed by atoms with Crippen LogP contribution in [0, 0.1) is 6.92 Å². The molecule has 0 saturated heterocycles. The number of carbonyl (C=O) groups is 1. The van der Waals surface area contributed by atoms with Crippen LogP contribution < -0.4 is 11.3 Å². The van der Waals surface area contributed by atoms with E-state index in [4.69, 9.17) is 5.73 Å². The van der Waals surface area contributed by atoms with E-state index in [0.29, 0.717) is 5.56 Å². The summed E-state index contributed by atoms with van der Waals surface area (Å²) >= 11 is 0. The van der Waals surface area contributed by atoms with Gasteiger partial charge in [-0.25, -0.2) is 0 Å². The molecule has 4 nitrogen and oxygen atoms in total. The number of pyridine rings is 1. The van der Waals surface area contributed by atoms with Gasteiger partial charge in [0, 0.05) is 11.8 Å². The second-order valence-electron chi connectivity index (χ2n) is 2.59. The Hall–Kier alpha value is -1.58. The minimum Gasteiger partial charge on any atom is -0.368 e. The van der Waals surface area contributed by atoms with E-state index in [0.717, 1.165) is 0 Å². The van der Waals surface area contributed by atoms with Gasteiger partial charge >= 0.3 is 0 Å². The number of rotatable bonds is 2. The minimum absolute atomic E-state index is 0.0550. The molecule has 1 rings (SSSR count). The van der Waals surface area contributed by atoms with Gasteiger partial charge in [0.25, 0.3) is 5.56 Å². The molecule has 0 aromatic carbocycles. The Labute approximate surface area is 69.6 Å². The maximum Gasteiger partial charge on any atom is 0.253 e. The third kappa shape index (κ3) is 1.72. The molecule has 1 aromatic heterocycles. The Balaban J connectivity index is 3.09. The monoisotopic (exact) mass is 166 g/mol. The van der Waals surface area contributed by atoms with Crippen LogP contribution in [0.3, 0.4) is 0 Å². The quantitative estimate of drug-likeness (QED) is 0.652. The number of nitrogens with zero attached hydrogens (tertiary/aromatic N) is 1. The highest BCUT2D eigenvalue weighted by molar-refractivity contribution is 5.73. The van der Waals surface area contributed by atoms with Crippen molar-refractivity contribution in [2.75, 3.05) is 0 Å². The van der Waals surface area contributed by atoms with Crippen LogP contribution in [-0.2, 0) is 11.3 Å². The summed E-state index contributed by atoms with van der Waals surface area (Å²) in [7, 11) is 0. The van der Waals surface area contributed by atoms with Gasteiger partial charge in [-0.3, -0.25) is 9.59 Å². The average molecular weight is 166 g/mol. The lowest BCUT2D eigenvalue weighted by atomic mass is 10.3. The second-order valence-corrected chi connectivity index (χ2v) is 2.59. The van der Waals surface area contributed by atoms with Crippen LogP contribution in [0.1, 0.15) is 5.56 Å². The highest BCUT2D eigenvalue weighted by Crippen LogP contribution is 1.87. The highest BCUT2D eigenvalue weighted by Gasteiger charge is 2.00. The fourth-order valence-electron chi connectivity index (χ4n) is 0.949. The number of primary amides is 1. The zero-order valence-corrected chi connectivity index (χ0v) is 6.78. The third-order valence-electron chi connectivity index (χ3n) is 1.54. The molecule has 0 saturated carbocycles. The molecule has 1 aromatic rings. The summed E-state index contributed by atoms with van der Waals surface area (Å²) in [5, 5.41) is 0. The first-order valence-corrected chi connectivity index (χ1v) is 3.55. The first kappa shape index (κ1) is 8.52. The Morgan fingerprint density at radius 3 is 2.92 bits per heavy atom. The van der Waals surface area contributed by atoms with E-state index in [9.17, 15) is 9.59 Å². The van der Waals surface area contributed by atoms with Crippen LogP contribution in [-0.4, -0.2) is 10.5 Å². The summed E-state index contributed by atoms with van der Waals surface area (Å²) in [5.41, 5.74) is 5.38. The van der Waals surface area contributed by atoms with Gasteiger partial charge in [-0.15, -0.1) is 0 Å². The number of hydrogen-bond acceptors (Lipinski definition) is 2. The fraction of sp³-hybridized carbons (Fsp3) is 0.250. The van der Waals surface area contributed by atoms with Gasteiger partial charge in [-0.05, 0) is 13.0 Å². The van der Waals surface area contributed by atoms with Crippen molar-refractivity contribution in [2.45, 2.75) is 13.5 Å². The number of nitrogens with two attached hydrogens (primary N) is 1. The Morgan fingerprint density at radius 2 is 2.33 bits per heavy atom. The van der Waals surface area contributed by atoms with E-state index in [1.807, 2.05) is 0 Å². The minimum atomic E-state index is -0.511. The normalized spacial score (nSPS) is 9.75. The molecule has 12 heavy (non-hydrogen) atoms. The highest BCUT2D eigenvalue weighted by atomic mass is 16.2. The van der Waals surface area contributed by atoms with Crippen molar-refractivity contribution in [1.82, 2.24) is 4.57 Å². The smallest absolute Gasteiger partial charge is 0.253 e. The Kier molecular flexibility index (Phi) is 2.28. The molecule has 0 aliphatic heterocycles. The van der Waals surface area contributed by atoms with E-state index in [-0.39, 0.29) is 12.1 Å². The topological polar surface area (TPSA) is 65.1 Å². The van der Waals surface area contributed by atoms with Crippen molar-refractivity contribution in [3.63, 3.8) is 0 Å². The summed E-state index contributed by atoms with van der Waals surface area (Å²) < 4.78 is 1.29. The predicted octanol–water partition coefficient (Wildman–Crippen LogP) is -0.358. The molecule has 1 heterocycles. The van der Waals surface area contributed by atoms with Crippen LogP contribution in [0.15, 0.2) is 23.1 Å². The predicted molar refractivity (Wildman–Crippen MR) is 44.6 cm³/mol. The van der Waals surface area contributed by atoms with Crippen LogP contribution in [0.2, 0.25) is 0 Å². The van der Waals surface area contributed by atoms with E-state index in [1.54, 1.807) is 25.3 Å². The first-order valence-electron chi connectivity index (χ1n) is 3.55. The number of amides is 1. The van der Waals surface area contributed by atoms with Gasteiger partial charge in [-0.1, -0.05) is 6.07 Å². The lowest BCUT2D eigenvalue weighted by Crippen LogP contribution is -2.28.